The van der Waals surface area contributed by atoms with Gasteiger partial charge in [0.15, 0.2) is 11.5 Å². The second-order valence-corrected chi connectivity index (χ2v) is 8.75. The van der Waals surface area contributed by atoms with E-state index in [1.165, 1.54) is 25.5 Å². The van der Waals surface area contributed by atoms with E-state index in [0.717, 1.165) is 11.1 Å². The van der Waals surface area contributed by atoms with E-state index in [1.54, 1.807) is 48.5 Å². The number of hydrazone groups is 1. The molecule has 0 heterocycles. The highest BCUT2D eigenvalue weighted by Gasteiger charge is 2.12. The maximum absolute atomic E-state index is 12.7. The van der Waals surface area contributed by atoms with E-state index >= 15 is 0 Å². The van der Waals surface area contributed by atoms with Gasteiger partial charge < -0.3 is 19.3 Å². The zero-order chi connectivity index (χ0) is 27.6. The van der Waals surface area contributed by atoms with Crippen molar-refractivity contribution < 1.29 is 28.9 Å². The second kappa shape index (κ2) is 13.1. The third kappa shape index (κ3) is 7.59. The molecule has 0 atom stereocenters. The number of nitrogens with one attached hydrogen (secondary N) is 1. The van der Waals surface area contributed by atoms with Gasteiger partial charge in [0.1, 0.15) is 19.0 Å². The molecule has 1 amide bonds. The van der Waals surface area contributed by atoms with Gasteiger partial charge in [-0.15, -0.1) is 0 Å². The highest BCUT2D eigenvalue weighted by atomic mass is 35.5. The highest BCUT2D eigenvalue weighted by Crippen LogP contribution is 2.29. The lowest BCUT2D eigenvalue weighted by Gasteiger charge is -2.12. The van der Waals surface area contributed by atoms with Gasteiger partial charge in [0.05, 0.1) is 18.9 Å². The molecule has 4 rings (SSSR count). The lowest BCUT2D eigenvalue weighted by Crippen LogP contribution is -2.17. The number of amides is 1. The molecule has 0 aliphatic carbocycles. The zero-order valence-electron chi connectivity index (χ0n) is 21.0. The second-order valence-electron chi connectivity index (χ2n) is 8.31. The van der Waals surface area contributed by atoms with Gasteiger partial charge in [-0.1, -0.05) is 54.1 Å². The van der Waals surface area contributed by atoms with Gasteiger partial charge in [0.2, 0.25) is 0 Å². The number of carboxylic acids is 1. The number of carbonyl (C=O) groups is 2. The number of nitrogens with zero attached hydrogens (tertiary/aromatic N) is 1. The first kappa shape index (κ1) is 27.2. The van der Waals surface area contributed by atoms with Gasteiger partial charge in [-0.25, -0.2) is 10.2 Å². The van der Waals surface area contributed by atoms with Crippen LogP contribution in [0.3, 0.4) is 0 Å². The molecule has 0 radical (unpaired) electrons. The number of carboxylic acid groups (broad SMARTS) is 1. The van der Waals surface area contributed by atoms with Crippen LogP contribution in [0.25, 0.3) is 0 Å². The Balaban J connectivity index is 1.39. The molecular formula is C30H25ClN2O6. The number of halogens is 1. The molecule has 39 heavy (non-hydrogen) atoms. The number of methoxy groups -OCH3 is 1. The van der Waals surface area contributed by atoms with Gasteiger partial charge in [0.25, 0.3) is 5.91 Å². The van der Waals surface area contributed by atoms with Gasteiger partial charge in [-0.05, 0) is 59.7 Å². The maximum Gasteiger partial charge on any atom is 0.335 e. The van der Waals surface area contributed by atoms with E-state index in [0.29, 0.717) is 40.0 Å². The molecule has 0 fully saturated rings. The first-order valence-corrected chi connectivity index (χ1v) is 12.2. The summed E-state index contributed by atoms with van der Waals surface area (Å²) in [6, 6.07) is 26.0. The predicted octanol–water partition coefficient (Wildman–Crippen LogP) is 5.97. The smallest absolute Gasteiger partial charge is 0.335 e. The van der Waals surface area contributed by atoms with Crippen LogP contribution in [0.4, 0.5) is 0 Å². The summed E-state index contributed by atoms with van der Waals surface area (Å²) in [7, 11) is 1.51. The molecule has 198 valence electrons. The van der Waals surface area contributed by atoms with Crippen molar-refractivity contribution in [1.82, 2.24) is 5.43 Å². The van der Waals surface area contributed by atoms with Crippen molar-refractivity contribution in [3.63, 3.8) is 0 Å². The Morgan fingerprint density at radius 1 is 0.821 bits per heavy atom. The van der Waals surface area contributed by atoms with Crippen molar-refractivity contribution in [3.8, 4) is 17.2 Å². The number of carbonyl (C=O) groups excluding carboxylic acids is 1. The molecule has 8 nitrogen and oxygen atoms in total. The molecule has 0 unspecified atom stereocenters. The quantitative estimate of drug-likeness (QED) is 0.178. The van der Waals surface area contributed by atoms with Crippen LogP contribution < -0.4 is 19.6 Å². The predicted molar refractivity (Wildman–Crippen MR) is 148 cm³/mol. The average Bonchev–Trinajstić information content (AvgIpc) is 2.96. The SMILES string of the molecule is COc1cc(C(=O)N/N=C/c2cc(Cl)ccc2OCc2ccc(C(=O)O)cc2)ccc1OCc1ccccc1. The Morgan fingerprint density at radius 2 is 1.46 bits per heavy atom. The molecule has 0 aliphatic heterocycles. The molecule has 9 heteroatoms. The Morgan fingerprint density at radius 3 is 2.15 bits per heavy atom. The Bertz CT molecular complexity index is 1470. The number of ether oxygens (including phenoxy) is 3. The van der Waals surface area contributed by atoms with E-state index in [-0.39, 0.29) is 12.2 Å². The number of hydrogen-bond acceptors (Lipinski definition) is 6. The van der Waals surface area contributed by atoms with Crippen LogP contribution in [0.15, 0.2) is 96.1 Å². The molecule has 4 aromatic carbocycles. The van der Waals surface area contributed by atoms with E-state index in [2.05, 4.69) is 10.5 Å². The molecule has 0 saturated carbocycles. The number of hydrogen-bond donors (Lipinski definition) is 2. The zero-order valence-corrected chi connectivity index (χ0v) is 21.7. The van der Waals surface area contributed by atoms with E-state index in [1.807, 2.05) is 30.3 Å². The summed E-state index contributed by atoms with van der Waals surface area (Å²) in [6.45, 7) is 0.567. The molecule has 0 bridgehead atoms. The van der Waals surface area contributed by atoms with Crippen LogP contribution in [0, 0.1) is 0 Å². The summed E-state index contributed by atoms with van der Waals surface area (Å²) in [6.07, 6.45) is 1.43. The van der Waals surface area contributed by atoms with Crippen molar-refractivity contribution in [2.75, 3.05) is 7.11 Å². The molecule has 0 aliphatic rings. The van der Waals surface area contributed by atoms with Crippen LogP contribution >= 0.6 is 11.6 Å². The fourth-order valence-electron chi connectivity index (χ4n) is 3.54. The van der Waals surface area contributed by atoms with Crippen molar-refractivity contribution in [2.24, 2.45) is 5.10 Å². The minimum atomic E-state index is -0.994. The van der Waals surface area contributed by atoms with Crippen molar-refractivity contribution in [2.45, 2.75) is 13.2 Å². The van der Waals surface area contributed by atoms with Crippen LogP contribution in [0.5, 0.6) is 17.2 Å². The monoisotopic (exact) mass is 544 g/mol. The van der Waals surface area contributed by atoms with E-state index in [4.69, 9.17) is 30.9 Å². The molecule has 0 saturated heterocycles. The normalized spacial score (nSPS) is 10.7. The molecular weight excluding hydrogens is 520 g/mol. The van der Waals surface area contributed by atoms with Crippen molar-refractivity contribution in [1.29, 1.82) is 0 Å². The summed E-state index contributed by atoms with van der Waals surface area (Å²) in [5, 5.41) is 13.6. The number of rotatable bonds is 11. The highest BCUT2D eigenvalue weighted by molar-refractivity contribution is 6.30. The first-order valence-electron chi connectivity index (χ1n) is 11.9. The summed E-state index contributed by atoms with van der Waals surface area (Å²) in [5.41, 5.74) is 5.37. The van der Waals surface area contributed by atoms with Crippen LogP contribution in [0.2, 0.25) is 5.02 Å². The van der Waals surface area contributed by atoms with Gasteiger partial charge >= 0.3 is 5.97 Å². The summed E-state index contributed by atoms with van der Waals surface area (Å²) < 4.78 is 17.1. The summed E-state index contributed by atoms with van der Waals surface area (Å²) in [4.78, 5) is 23.7. The topological polar surface area (TPSA) is 106 Å². The first-order chi connectivity index (χ1) is 18.9. The molecule has 2 N–H and O–H groups in total. The molecule has 0 spiro atoms. The summed E-state index contributed by atoms with van der Waals surface area (Å²) >= 11 is 6.15. The molecule has 0 aromatic heterocycles. The number of benzene rings is 4. The lowest BCUT2D eigenvalue weighted by molar-refractivity contribution is 0.0696. The minimum absolute atomic E-state index is 0.195. The Labute approximate surface area is 230 Å². The lowest BCUT2D eigenvalue weighted by atomic mass is 10.1. The standard InChI is InChI=1S/C30H25ClN2O6/c1-37-28-16-23(11-13-27(28)39-18-20-5-3-2-4-6-20)29(34)33-32-17-24-15-25(31)12-14-26(24)38-19-21-7-9-22(10-8-21)30(35)36/h2-17H,18-19H2,1H3,(H,33,34)(H,35,36)/b32-17+. The van der Waals surface area contributed by atoms with E-state index in [9.17, 15) is 9.59 Å². The van der Waals surface area contributed by atoms with Crippen LogP contribution in [0.1, 0.15) is 37.4 Å². The minimum Gasteiger partial charge on any atom is -0.493 e. The van der Waals surface area contributed by atoms with Crippen molar-refractivity contribution in [3.05, 3.63) is 124 Å². The average molecular weight is 545 g/mol. The number of aromatic carboxylic acids is 1. The Hall–Kier alpha value is -4.82. The largest absolute Gasteiger partial charge is 0.493 e. The fourth-order valence-corrected chi connectivity index (χ4v) is 3.73. The Kier molecular flexibility index (Phi) is 9.16. The van der Waals surface area contributed by atoms with Crippen molar-refractivity contribution >= 4 is 29.7 Å². The third-order valence-electron chi connectivity index (χ3n) is 5.60. The van der Waals surface area contributed by atoms with Gasteiger partial charge in [0, 0.05) is 16.1 Å². The van der Waals surface area contributed by atoms with Crippen LogP contribution in [-0.4, -0.2) is 30.3 Å². The van der Waals surface area contributed by atoms with E-state index < -0.39 is 11.9 Å². The van der Waals surface area contributed by atoms with Gasteiger partial charge in [-0.3, -0.25) is 4.79 Å². The third-order valence-corrected chi connectivity index (χ3v) is 5.83. The molecule has 4 aromatic rings. The van der Waals surface area contributed by atoms with Crippen LogP contribution in [-0.2, 0) is 13.2 Å². The maximum atomic E-state index is 12.7. The van der Waals surface area contributed by atoms with Gasteiger partial charge in [-0.2, -0.15) is 5.10 Å². The summed E-state index contributed by atoms with van der Waals surface area (Å²) in [5.74, 6) is -0.0147. The fraction of sp³-hybridized carbons (Fsp3) is 0.100.